The summed E-state index contributed by atoms with van der Waals surface area (Å²) in [6, 6.07) is 3.96. The van der Waals surface area contributed by atoms with E-state index in [-0.39, 0.29) is 0 Å². The van der Waals surface area contributed by atoms with E-state index >= 15 is 0 Å². The lowest BCUT2D eigenvalue weighted by atomic mass is 9.90. The van der Waals surface area contributed by atoms with Gasteiger partial charge in [-0.1, -0.05) is 45.3 Å². The van der Waals surface area contributed by atoms with E-state index in [0.29, 0.717) is 0 Å². The SMILES string of the molecule is CC.CC.[B]c1ccc2c(C)nn(C)c2c1C. The third kappa shape index (κ3) is 3.12. The van der Waals surface area contributed by atoms with Crippen molar-refractivity contribution in [2.45, 2.75) is 41.5 Å². The van der Waals surface area contributed by atoms with Crippen LogP contribution in [0.25, 0.3) is 10.9 Å². The minimum absolute atomic E-state index is 0.829. The average Bonchev–Trinajstić information content (AvgIpc) is 2.65. The van der Waals surface area contributed by atoms with Gasteiger partial charge in [-0.25, -0.2) is 0 Å². The van der Waals surface area contributed by atoms with Gasteiger partial charge in [-0.3, -0.25) is 4.68 Å². The van der Waals surface area contributed by atoms with E-state index in [1.165, 1.54) is 5.39 Å². The van der Waals surface area contributed by atoms with Crippen molar-refractivity contribution in [1.29, 1.82) is 0 Å². The molecule has 0 saturated carbocycles. The van der Waals surface area contributed by atoms with Gasteiger partial charge in [-0.15, -0.1) is 0 Å². The summed E-state index contributed by atoms with van der Waals surface area (Å²) in [7, 11) is 7.77. The standard InChI is InChI=1S/C10H11BN2.2C2H6/c1-6-9(11)5-4-8-7(2)12-13(3)10(6)8;2*1-2/h4-5H,1-3H3;2*1-2H3. The number of rotatable bonds is 0. The topological polar surface area (TPSA) is 17.8 Å². The summed E-state index contributed by atoms with van der Waals surface area (Å²) >= 11 is 0. The maximum absolute atomic E-state index is 5.82. The van der Waals surface area contributed by atoms with Crippen molar-refractivity contribution in [3.63, 3.8) is 0 Å². The lowest BCUT2D eigenvalue weighted by Gasteiger charge is -2.03. The first-order valence-electron chi connectivity index (χ1n) is 6.29. The van der Waals surface area contributed by atoms with E-state index in [2.05, 4.69) is 5.10 Å². The first kappa shape index (κ1) is 15.8. The number of aromatic nitrogens is 2. The smallest absolute Gasteiger partial charge is 0.114 e. The minimum Gasteiger partial charge on any atom is -0.267 e. The van der Waals surface area contributed by atoms with Crippen molar-refractivity contribution >= 4 is 24.2 Å². The molecule has 0 atom stereocenters. The first-order valence-corrected chi connectivity index (χ1v) is 6.29. The van der Waals surface area contributed by atoms with Crippen molar-refractivity contribution < 1.29 is 0 Å². The third-order valence-corrected chi connectivity index (χ3v) is 2.49. The van der Waals surface area contributed by atoms with Gasteiger partial charge in [0, 0.05) is 12.4 Å². The van der Waals surface area contributed by atoms with E-state index in [4.69, 9.17) is 7.85 Å². The Balaban J connectivity index is 0.000000581. The molecule has 0 aliphatic rings. The largest absolute Gasteiger partial charge is 0.267 e. The van der Waals surface area contributed by atoms with Gasteiger partial charge in [0.25, 0.3) is 0 Å². The second-order valence-corrected chi connectivity index (χ2v) is 3.38. The van der Waals surface area contributed by atoms with Crippen LogP contribution in [0.3, 0.4) is 0 Å². The fourth-order valence-electron chi connectivity index (χ4n) is 1.75. The van der Waals surface area contributed by atoms with Gasteiger partial charge in [0.15, 0.2) is 0 Å². The van der Waals surface area contributed by atoms with Crippen LogP contribution in [0.5, 0.6) is 0 Å². The van der Waals surface area contributed by atoms with Crippen molar-refractivity contribution in [2.75, 3.05) is 0 Å². The van der Waals surface area contributed by atoms with Gasteiger partial charge in [0.05, 0.1) is 11.2 Å². The number of hydrogen-bond donors (Lipinski definition) is 0. The molecule has 2 aromatic rings. The number of fused-ring (bicyclic) bond motifs is 1. The van der Waals surface area contributed by atoms with Crippen molar-refractivity contribution in [3.8, 4) is 0 Å². The summed E-state index contributed by atoms with van der Waals surface area (Å²) in [6.07, 6.45) is 0. The molecule has 92 valence electrons. The van der Waals surface area contributed by atoms with Crippen LogP contribution in [-0.4, -0.2) is 17.6 Å². The Morgan fingerprint density at radius 2 is 1.59 bits per heavy atom. The highest BCUT2D eigenvalue weighted by Gasteiger charge is 2.07. The number of benzene rings is 1. The molecular weight excluding hydrogens is 207 g/mol. The maximum atomic E-state index is 5.82. The van der Waals surface area contributed by atoms with Crippen LogP contribution in [0.2, 0.25) is 0 Å². The second-order valence-electron chi connectivity index (χ2n) is 3.38. The molecule has 0 N–H and O–H groups in total. The Bertz CT molecular complexity index is 473. The second kappa shape index (κ2) is 7.15. The fraction of sp³-hybridized carbons (Fsp3) is 0.500. The molecule has 0 spiro atoms. The molecule has 0 fully saturated rings. The molecule has 0 bridgehead atoms. The third-order valence-electron chi connectivity index (χ3n) is 2.49. The minimum atomic E-state index is 0.829. The molecule has 17 heavy (non-hydrogen) atoms. The Kier molecular flexibility index (Phi) is 6.63. The zero-order valence-electron chi connectivity index (χ0n) is 12.1. The quantitative estimate of drug-likeness (QED) is 0.636. The van der Waals surface area contributed by atoms with Crippen LogP contribution in [0.15, 0.2) is 12.1 Å². The first-order chi connectivity index (χ1) is 8.11. The molecule has 2 nitrogen and oxygen atoms in total. The molecule has 2 rings (SSSR count). The Hall–Kier alpha value is -1.25. The van der Waals surface area contributed by atoms with Gasteiger partial charge < -0.3 is 0 Å². The van der Waals surface area contributed by atoms with Gasteiger partial charge in [-0.2, -0.15) is 5.10 Å². The van der Waals surface area contributed by atoms with Gasteiger partial charge >= 0.3 is 0 Å². The maximum Gasteiger partial charge on any atom is 0.114 e. The predicted molar refractivity (Wildman–Crippen MR) is 78.3 cm³/mol. The van der Waals surface area contributed by atoms with Gasteiger partial charge in [0.1, 0.15) is 7.85 Å². The fourth-order valence-corrected chi connectivity index (χ4v) is 1.75. The van der Waals surface area contributed by atoms with E-state index < -0.39 is 0 Å². The van der Waals surface area contributed by atoms with Crippen LogP contribution in [0.1, 0.15) is 39.0 Å². The molecule has 0 saturated heterocycles. The molecule has 0 aliphatic heterocycles. The van der Waals surface area contributed by atoms with Crippen LogP contribution >= 0.6 is 0 Å². The van der Waals surface area contributed by atoms with E-state index in [1.54, 1.807) is 0 Å². The molecule has 0 amide bonds. The summed E-state index contributed by atoms with van der Waals surface area (Å²) in [4.78, 5) is 0. The van der Waals surface area contributed by atoms with Crippen LogP contribution in [0.4, 0.5) is 0 Å². The van der Waals surface area contributed by atoms with E-state index in [1.807, 2.05) is 65.4 Å². The average molecular weight is 230 g/mol. The monoisotopic (exact) mass is 230 g/mol. The summed E-state index contributed by atoms with van der Waals surface area (Å²) in [5, 5.41) is 5.54. The Labute approximate surface area is 106 Å². The highest BCUT2D eigenvalue weighted by atomic mass is 15.3. The van der Waals surface area contributed by atoms with Crippen LogP contribution in [0, 0.1) is 13.8 Å². The molecule has 0 aliphatic carbocycles. The lowest BCUT2D eigenvalue weighted by molar-refractivity contribution is 0.781. The highest BCUT2D eigenvalue weighted by molar-refractivity contribution is 6.34. The summed E-state index contributed by atoms with van der Waals surface area (Å²) in [5.41, 5.74) is 4.13. The zero-order chi connectivity index (χ0) is 13.6. The van der Waals surface area contributed by atoms with Gasteiger partial charge in [-0.05, 0) is 19.4 Å². The van der Waals surface area contributed by atoms with E-state index in [9.17, 15) is 0 Å². The molecule has 1 aromatic heterocycles. The normalized spacial score (nSPS) is 9.12. The van der Waals surface area contributed by atoms with Crippen LogP contribution < -0.4 is 5.46 Å². The van der Waals surface area contributed by atoms with Crippen molar-refractivity contribution in [3.05, 3.63) is 23.4 Å². The number of hydrogen-bond acceptors (Lipinski definition) is 1. The lowest BCUT2D eigenvalue weighted by Crippen LogP contribution is -2.08. The molecular formula is C14H23BN2. The summed E-state index contributed by atoms with van der Waals surface area (Å²) < 4.78 is 1.89. The number of aryl methyl sites for hydroxylation is 3. The number of nitrogens with zero attached hydrogens (tertiary/aromatic N) is 2. The van der Waals surface area contributed by atoms with E-state index in [0.717, 1.165) is 22.2 Å². The molecule has 2 radical (unpaired) electrons. The van der Waals surface area contributed by atoms with Crippen LogP contribution in [-0.2, 0) is 7.05 Å². The van der Waals surface area contributed by atoms with Crippen molar-refractivity contribution in [1.82, 2.24) is 9.78 Å². The predicted octanol–water partition coefficient (Wildman–Crippen LogP) is 3.04. The highest BCUT2D eigenvalue weighted by Crippen LogP contribution is 2.18. The van der Waals surface area contributed by atoms with Crippen molar-refractivity contribution in [2.24, 2.45) is 7.05 Å². The molecule has 1 aromatic carbocycles. The van der Waals surface area contributed by atoms with Gasteiger partial charge in [0.2, 0.25) is 0 Å². The summed E-state index contributed by atoms with van der Waals surface area (Å²) in [6.45, 7) is 12.0. The molecule has 3 heteroatoms. The Morgan fingerprint density at radius 1 is 1.06 bits per heavy atom. The zero-order valence-corrected chi connectivity index (χ0v) is 12.1. The molecule has 0 unspecified atom stereocenters. The summed E-state index contributed by atoms with van der Waals surface area (Å²) in [5.74, 6) is 0. The molecule has 1 heterocycles. The Morgan fingerprint density at radius 3 is 2.12 bits per heavy atom.